The molecule has 0 saturated carbocycles. The Morgan fingerprint density at radius 3 is 2.40 bits per heavy atom. The Morgan fingerprint density at radius 1 is 1.15 bits per heavy atom. The maximum absolute atomic E-state index is 12.1. The van der Waals surface area contributed by atoms with Crippen LogP contribution in [0.4, 0.5) is 5.69 Å². The summed E-state index contributed by atoms with van der Waals surface area (Å²) in [5.74, 6) is 0.0243. The fourth-order valence-corrected chi connectivity index (χ4v) is 2.17. The Kier molecular flexibility index (Phi) is 7.31. The number of carbonyl (C=O) groups excluding carboxylic acids is 1. The van der Waals surface area contributed by atoms with Crippen molar-refractivity contribution in [2.24, 2.45) is 0 Å². The van der Waals surface area contributed by atoms with Crippen molar-refractivity contribution >= 4 is 11.6 Å². The van der Waals surface area contributed by atoms with Gasteiger partial charge in [-0.25, -0.2) is 0 Å². The number of amides is 1. The molecule has 1 amide bonds. The van der Waals surface area contributed by atoms with Gasteiger partial charge in [-0.2, -0.15) is 0 Å². The molecule has 0 aliphatic rings. The molecule has 0 aromatic heterocycles. The maximum atomic E-state index is 12.1. The summed E-state index contributed by atoms with van der Waals surface area (Å²) in [5.41, 5.74) is 2.05. The van der Waals surface area contributed by atoms with Crippen LogP contribution in [0.2, 0.25) is 0 Å². The fourth-order valence-electron chi connectivity index (χ4n) is 2.17. The molecule has 1 aromatic rings. The third kappa shape index (κ3) is 6.20. The molecular weight excluding hydrogens is 248 g/mol. The number of nitrogens with one attached hydrogen (secondary N) is 2. The summed E-state index contributed by atoms with van der Waals surface area (Å²) in [7, 11) is 0. The molecule has 3 heteroatoms. The van der Waals surface area contributed by atoms with Gasteiger partial charge in [-0.3, -0.25) is 4.79 Å². The van der Waals surface area contributed by atoms with Crippen LogP contribution in [0.15, 0.2) is 24.3 Å². The summed E-state index contributed by atoms with van der Waals surface area (Å²) in [6.07, 6.45) is 4.83. The van der Waals surface area contributed by atoms with Gasteiger partial charge in [0.2, 0.25) is 5.91 Å². The van der Waals surface area contributed by atoms with Gasteiger partial charge in [0.1, 0.15) is 0 Å². The third-order valence-electron chi connectivity index (χ3n) is 3.49. The van der Waals surface area contributed by atoms with E-state index in [9.17, 15) is 4.79 Å². The van der Waals surface area contributed by atoms with Crippen molar-refractivity contribution in [1.82, 2.24) is 5.32 Å². The van der Waals surface area contributed by atoms with E-state index in [1.165, 1.54) is 24.8 Å². The molecule has 20 heavy (non-hydrogen) atoms. The first-order valence-electron chi connectivity index (χ1n) is 7.66. The smallest absolute Gasteiger partial charge is 0.241 e. The van der Waals surface area contributed by atoms with Crippen molar-refractivity contribution in [3.63, 3.8) is 0 Å². The van der Waals surface area contributed by atoms with Gasteiger partial charge in [0, 0.05) is 11.7 Å². The van der Waals surface area contributed by atoms with Crippen molar-refractivity contribution in [2.45, 2.75) is 65.5 Å². The molecule has 0 spiro atoms. The lowest BCUT2D eigenvalue weighted by atomic mass is 10.1. The van der Waals surface area contributed by atoms with E-state index in [1.807, 2.05) is 38.1 Å². The van der Waals surface area contributed by atoms with Crippen LogP contribution < -0.4 is 10.6 Å². The highest BCUT2D eigenvalue weighted by molar-refractivity contribution is 5.94. The van der Waals surface area contributed by atoms with E-state index in [1.54, 1.807) is 0 Å². The average Bonchev–Trinajstić information content (AvgIpc) is 2.41. The molecule has 1 aromatic carbocycles. The normalized spacial score (nSPS) is 13.8. The van der Waals surface area contributed by atoms with Gasteiger partial charge in [-0.15, -0.1) is 0 Å². The minimum absolute atomic E-state index is 0.0243. The first-order chi connectivity index (χ1) is 9.52. The molecule has 0 aliphatic carbocycles. The second-order valence-electron chi connectivity index (χ2n) is 5.64. The molecule has 3 nitrogen and oxygen atoms in total. The van der Waals surface area contributed by atoms with Gasteiger partial charge in [0.05, 0.1) is 6.04 Å². The summed E-state index contributed by atoms with van der Waals surface area (Å²) in [4.78, 5) is 12.1. The molecule has 2 unspecified atom stereocenters. The molecule has 0 bridgehead atoms. The van der Waals surface area contributed by atoms with Gasteiger partial charge in [0.15, 0.2) is 0 Å². The highest BCUT2D eigenvalue weighted by Gasteiger charge is 2.15. The minimum Gasteiger partial charge on any atom is -0.325 e. The van der Waals surface area contributed by atoms with Crippen LogP contribution in [0.1, 0.15) is 52.0 Å². The standard InChI is InChI=1S/C17H28N2O/c1-5-6-7-8-14(3)18-15(4)17(20)19-16-11-9-13(2)10-12-16/h9-12,14-15,18H,5-8H2,1-4H3,(H,19,20). The molecule has 1 rings (SSSR count). The zero-order valence-electron chi connectivity index (χ0n) is 13.2. The van der Waals surface area contributed by atoms with Gasteiger partial charge < -0.3 is 10.6 Å². The summed E-state index contributed by atoms with van der Waals surface area (Å²) in [5, 5.41) is 6.30. The predicted octanol–water partition coefficient (Wildman–Crippen LogP) is 3.88. The van der Waals surface area contributed by atoms with E-state index < -0.39 is 0 Å². The van der Waals surface area contributed by atoms with E-state index in [2.05, 4.69) is 24.5 Å². The summed E-state index contributed by atoms with van der Waals surface area (Å²) >= 11 is 0. The lowest BCUT2D eigenvalue weighted by molar-refractivity contribution is -0.117. The zero-order chi connectivity index (χ0) is 15.0. The molecule has 112 valence electrons. The van der Waals surface area contributed by atoms with Crippen molar-refractivity contribution in [3.8, 4) is 0 Å². The van der Waals surface area contributed by atoms with Crippen molar-refractivity contribution in [1.29, 1.82) is 0 Å². The van der Waals surface area contributed by atoms with Gasteiger partial charge in [-0.05, 0) is 39.3 Å². The fraction of sp³-hybridized carbons (Fsp3) is 0.588. The summed E-state index contributed by atoms with van der Waals surface area (Å²) < 4.78 is 0. The largest absolute Gasteiger partial charge is 0.325 e. The van der Waals surface area contributed by atoms with Crippen LogP contribution in [-0.2, 0) is 4.79 Å². The molecule has 0 radical (unpaired) electrons. The van der Waals surface area contributed by atoms with Crippen LogP contribution in [0.3, 0.4) is 0 Å². The maximum Gasteiger partial charge on any atom is 0.241 e. The van der Waals surface area contributed by atoms with Gasteiger partial charge in [-0.1, -0.05) is 43.9 Å². The number of benzene rings is 1. The topological polar surface area (TPSA) is 41.1 Å². The van der Waals surface area contributed by atoms with Gasteiger partial charge >= 0.3 is 0 Å². The van der Waals surface area contributed by atoms with Crippen LogP contribution in [-0.4, -0.2) is 18.0 Å². The lowest BCUT2D eigenvalue weighted by Gasteiger charge is -2.19. The molecule has 0 heterocycles. The summed E-state index contributed by atoms with van der Waals surface area (Å²) in [6, 6.07) is 8.07. The van der Waals surface area contributed by atoms with Crippen LogP contribution in [0, 0.1) is 6.92 Å². The SMILES string of the molecule is CCCCCC(C)NC(C)C(=O)Nc1ccc(C)cc1. The molecular formula is C17H28N2O. The molecule has 2 N–H and O–H groups in total. The molecule has 0 aliphatic heterocycles. The number of anilines is 1. The average molecular weight is 276 g/mol. The first-order valence-corrected chi connectivity index (χ1v) is 7.66. The Labute approximate surface area is 123 Å². The van der Waals surface area contributed by atoms with E-state index >= 15 is 0 Å². The molecule has 0 fully saturated rings. The number of unbranched alkanes of at least 4 members (excludes halogenated alkanes) is 2. The Morgan fingerprint density at radius 2 is 1.80 bits per heavy atom. The first kappa shape index (κ1) is 16.7. The Hall–Kier alpha value is -1.35. The molecule has 2 atom stereocenters. The minimum atomic E-state index is -0.173. The highest BCUT2D eigenvalue weighted by Crippen LogP contribution is 2.09. The zero-order valence-corrected chi connectivity index (χ0v) is 13.2. The van der Waals surface area contributed by atoms with E-state index in [0.29, 0.717) is 6.04 Å². The monoisotopic (exact) mass is 276 g/mol. The highest BCUT2D eigenvalue weighted by atomic mass is 16.2. The molecule has 0 saturated heterocycles. The van der Waals surface area contributed by atoms with Crippen molar-refractivity contribution in [3.05, 3.63) is 29.8 Å². The second kappa shape index (κ2) is 8.75. The van der Waals surface area contributed by atoms with E-state index in [-0.39, 0.29) is 11.9 Å². The van der Waals surface area contributed by atoms with E-state index in [0.717, 1.165) is 12.1 Å². The Balaban J connectivity index is 2.36. The van der Waals surface area contributed by atoms with Crippen molar-refractivity contribution < 1.29 is 4.79 Å². The van der Waals surface area contributed by atoms with Gasteiger partial charge in [0.25, 0.3) is 0 Å². The van der Waals surface area contributed by atoms with Crippen LogP contribution in [0.5, 0.6) is 0 Å². The van der Waals surface area contributed by atoms with Crippen LogP contribution in [0.25, 0.3) is 0 Å². The number of hydrogen-bond donors (Lipinski definition) is 2. The number of hydrogen-bond acceptors (Lipinski definition) is 2. The Bertz CT molecular complexity index is 400. The number of aryl methyl sites for hydroxylation is 1. The third-order valence-corrected chi connectivity index (χ3v) is 3.49. The lowest BCUT2D eigenvalue weighted by Crippen LogP contribution is -2.42. The van der Waals surface area contributed by atoms with Crippen molar-refractivity contribution in [2.75, 3.05) is 5.32 Å². The van der Waals surface area contributed by atoms with E-state index in [4.69, 9.17) is 0 Å². The number of rotatable bonds is 8. The number of carbonyl (C=O) groups is 1. The quantitative estimate of drug-likeness (QED) is 0.707. The summed E-state index contributed by atoms with van der Waals surface area (Å²) in [6.45, 7) is 8.30. The van der Waals surface area contributed by atoms with Crippen LogP contribution >= 0.6 is 0 Å². The predicted molar refractivity (Wildman–Crippen MR) is 86.0 cm³/mol. The second-order valence-corrected chi connectivity index (χ2v) is 5.64.